The first-order valence-corrected chi connectivity index (χ1v) is 25.7. The van der Waals surface area contributed by atoms with Gasteiger partial charge in [0.2, 0.25) is 0 Å². The lowest BCUT2D eigenvalue weighted by molar-refractivity contribution is -0.166. The number of allylic oxidation sites excluding steroid dienone is 22. The summed E-state index contributed by atoms with van der Waals surface area (Å²) in [7, 11) is 0. The molecule has 0 aliphatic rings. The third-order valence-corrected chi connectivity index (χ3v) is 10.2. The maximum absolute atomic E-state index is 12.8. The van der Waals surface area contributed by atoms with Gasteiger partial charge in [0, 0.05) is 19.3 Å². The molecule has 0 aromatic carbocycles. The first kappa shape index (κ1) is 60.5. The highest BCUT2D eigenvalue weighted by atomic mass is 16.6. The summed E-state index contributed by atoms with van der Waals surface area (Å²) in [6.45, 7) is 6.27. The molecular formula is C59H92O6. The van der Waals surface area contributed by atoms with Crippen molar-refractivity contribution in [3.8, 4) is 0 Å². The molecule has 1 atom stereocenters. The van der Waals surface area contributed by atoms with Crippen molar-refractivity contribution in [1.29, 1.82) is 0 Å². The van der Waals surface area contributed by atoms with Gasteiger partial charge < -0.3 is 14.2 Å². The first-order valence-electron chi connectivity index (χ1n) is 25.7. The van der Waals surface area contributed by atoms with Crippen LogP contribution in [-0.4, -0.2) is 37.2 Å². The summed E-state index contributed by atoms with van der Waals surface area (Å²) in [5.74, 6) is -1.08. The van der Waals surface area contributed by atoms with Crippen LogP contribution < -0.4 is 0 Å². The number of hydrogen-bond acceptors (Lipinski definition) is 6. The van der Waals surface area contributed by atoms with Crippen LogP contribution >= 0.6 is 0 Å². The Morgan fingerprint density at radius 1 is 0.323 bits per heavy atom. The predicted molar refractivity (Wildman–Crippen MR) is 279 cm³/mol. The highest BCUT2D eigenvalue weighted by molar-refractivity contribution is 5.71. The molecule has 0 unspecified atom stereocenters. The van der Waals surface area contributed by atoms with Crippen LogP contribution in [0.5, 0.6) is 0 Å². The average molecular weight is 897 g/mol. The molecule has 0 spiro atoms. The molecule has 6 heteroatoms. The van der Waals surface area contributed by atoms with Gasteiger partial charge in [-0.1, -0.05) is 219 Å². The minimum Gasteiger partial charge on any atom is -0.462 e. The van der Waals surface area contributed by atoms with Crippen molar-refractivity contribution in [3.63, 3.8) is 0 Å². The van der Waals surface area contributed by atoms with E-state index in [1.807, 2.05) is 12.2 Å². The van der Waals surface area contributed by atoms with Gasteiger partial charge in [0.15, 0.2) is 6.10 Å². The Morgan fingerprint density at radius 3 is 1.02 bits per heavy atom. The van der Waals surface area contributed by atoms with E-state index < -0.39 is 12.1 Å². The fraction of sp³-hybridized carbons (Fsp3) is 0.576. The van der Waals surface area contributed by atoms with Crippen molar-refractivity contribution in [2.75, 3.05) is 13.2 Å². The molecule has 0 heterocycles. The molecule has 0 amide bonds. The number of esters is 3. The Hall–Kier alpha value is -4.45. The second-order valence-corrected chi connectivity index (χ2v) is 16.3. The lowest BCUT2D eigenvalue weighted by Gasteiger charge is -2.18. The molecule has 0 aliphatic heterocycles. The standard InChI is InChI=1S/C59H92O6/c1-4-7-10-13-16-19-22-24-26-28-29-31-32-34-37-40-43-46-49-52-58(61)64-55-56(54-63-57(60)51-48-45-42-39-36-21-18-15-12-9-6-3)65-59(62)53-50-47-44-41-38-35-33-30-27-25-23-20-17-14-11-8-5-2/h7-8,10-11,16-17,19-20,24-27,29,31,33-35,37,41,43-44,46,56H,4-6,9,12-15,18,21-23,28,30,32,36,38-40,42,45,47-55H2,1-3H3/b10-7-,11-8-,19-16-,20-17-,26-24-,27-25-,31-29-,35-33-,37-34-,44-41-,46-43-/t56-/m1/s1. The van der Waals surface area contributed by atoms with Crippen LogP contribution in [0.2, 0.25) is 0 Å². The lowest BCUT2D eigenvalue weighted by atomic mass is 10.1. The third-order valence-electron chi connectivity index (χ3n) is 10.2. The molecule has 6 nitrogen and oxygen atoms in total. The average Bonchev–Trinajstić information content (AvgIpc) is 3.30. The largest absolute Gasteiger partial charge is 0.462 e. The zero-order valence-electron chi connectivity index (χ0n) is 41.4. The summed E-state index contributed by atoms with van der Waals surface area (Å²) in [6, 6.07) is 0. The molecule has 0 bridgehead atoms. The van der Waals surface area contributed by atoms with Gasteiger partial charge in [0.25, 0.3) is 0 Å². The molecule has 0 N–H and O–H groups in total. The molecule has 0 radical (unpaired) electrons. The van der Waals surface area contributed by atoms with Crippen LogP contribution in [-0.2, 0) is 28.6 Å². The normalized spacial score (nSPS) is 13.2. The van der Waals surface area contributed by atoms with Crippen LogP contribution in [0.15, 0.2) is 134 Å². The van der Waals surface area contributed by atoms with Crippen molar-refractivity contribution in [2.24, 2.45) is 0 Å². The second-order valence-electron chi connectivity index (χ2n) is 16.3. The highest BCUT2D eigenvalue weighted by Gasteiger charge is 2.19. The summed E-state index contributed by atoms with van der Waals surface area (Å²) in [4.78, 5) is 37.9. The number of rotatable bonds is 44. The third kappa shape index (κ3) is 50.4. The number of hydrogen-bond donors (Lipinski definition) is 0. The van der Waals surface area contributed by atoms with E-state index in [9.17, 15) is 14.4 Å². The fourth-order valence-corrected chi connectivity index (χ4v) is 6.38. The van der Waals surface area contributed by atoms with Crippen LogP contribution in [0.1, 0.15) is 201 Å². The summed E-state index contributed by atoms with van der Waals surface area (Å²) in [5, 5.41) is 0. The number of carbonyl (C=O) groups excluding carboxylic acids is 3. The van der Waals surface area contributed by atoms with E-state index in [0.29, 0.717) is 19.3 Å². The molecule has 0 aromatic heterocycles. The molecule has 0 saturated carbocycles. The van der Waals surface area contributed by atoms with Gasteiger partial charge in [-0.15, -0.1) is 0 Å². The SMILES string of the molecule is CC/C=C\C/C=C\C/C=C\C/C=C\C/C=C\C/C=C\CCC(=O)OC[C@@H](COC(=O)CCCCCCCCCCCCC)OC(=O)CCC/C=C\C/C=C\C/C=C\C/C=C\C/C=C\CC. The Morgan fingerprint density at radius 2 is 0.631 bits per heavy atom. The maximum Gasteiger partial charge on any atom is 0.306 e. The molecule has 0 rings (SSSR count). The van der Waals surface area contributed by atoms with E-state index in [0.717, 1.165) is 96.3 Å². The minimum absolute atomic E-state index is 0.127. The molecule has 0 aliphatic carbocycles. The van der Waals surface area contributed by atoms with Gasteiger partial charge in [0.1, 0.15) is 13.2 Å². The Labute approximate surface area is 398 Å². The highest BCUT2D eigenvalue weighted by Crippen LogP contribution is 2.13. The quantitative estimate of drug-likeness (QED) is 0.0262. The van der Waals surface area contributed by atoms with Crippen molar-refractivity contribution in [2.45, 2.75) is 207 Å². The summed E-state index contributed by atoms with van der Waals surface area (Å²) in [6.07, 6.45) is 73.1. The van der Waals surface area contributed by atoms with E-state index in [1.54, 1.807) is 0 Å². The van der Waals surface area contributed by atoms with Crippen molar-refractivity contribution in [3.05, 3.63) is 134 Å². The van der Waals surface area contributed by atoms with E-state index in [-0.39, 0.29) is 38.0 Å². The smallest absolute Gasteiger partial charge is 0.306 e. The van der Waals surface area contributed by atoms with E-state index in [4.69, 9.17) is 14.2 Å². The predicted octanol–water partition coefficient (Wildman–Crippen LogP) is 17.1. The van der Waals surface area contributed by atoms with E-state index in [2.05, 4.69) is 142 Å². The topological polar surface area (TPSA) is 78.9 Å². The van der Waals surface area contributed by atoms with Crippen LogP contribution in [0, 0.1) is 0 Å². The number of ether oxygens (including phenoxy) is 3. The minimum atomic E-state index is -0.840. The molecule has 0 fully saturated rings. The number of carbonyl (C=O) groups is 3. The molecule has 364 valence electrons. The second kappa shape index (κ2) is 52.2. The summed E-state index contributed by atoms with van der Waals surface area (Å²) >= 11 is 0. The molecule has 0 aromatic rings. The lowest BCUT2D eigenvalue weighted by Crippen LogP contribution is -2.30. The van der Waals surface area contributed by atoms with Gasteiger partial charge in [-0.2, -0.15) is 0 Å². The van der Waals surface area contributed by atoms with Gasteiger partial charge in [-0.05, 0) is 96.3 Å². The van der Waals surface area contributed by atoms with Crippen molar-refractivity contribution >= 4 is 17.9 Å². The first-order chi connectivity index (χ1) is 32.0. The molecule has 65 heavy (non-hydrogen) atoms. The Balaban J connectivity index is 4.60. The Bertz CT molecular complexity index is 1450. The van der Waals surface area contributed by atoms with Gasteiger partial charge in [-0.25, -0.2) is 0 Å². The van der Waals surface area contributed by atoms with E-state index in [1.165, 1.54) is 51.4 Å². The van der Waals surface area contributed by atoms with E-state index >= 15 is 0 Å². The van der Waals surface area contributed by atoms with Crippen LogP contribution in [0.25, 0.3) is 0 Å². The summed E-state index contributed by atoms with van der Waals surface area (Å²) in [5.41, 5.74) is 0. The molecule has 0 saturated heterocycles. The van der Waals surface area contributed by atoms with Crippen molar-refractivity contribution in [1.82, 2.24) is 0 Å². The van der Waals surface area contributed by atoms with Crippen molar-refractivity contribution < 1.29 is 28.6 Å². The Kier molecular flexibility index (Phi) is 48.6. The zero-order valence-corrected chi connectivity index (χ0v) is 41.4. The monoisotopic (exact) mass is 897 g/mol. The van der Waals surface area contributed by atoms with Gasteiger partial charge in [-0.3, -0.25) is 14.4 Å². The maximum atomic E-state index is 12.8. The molecular weight excluding hydrogens is 805 g/mol. The van der Waals surface area contributed by atoms with Crippen LogP contribution in [0.4, 0.5) is 0 Å². The number of unbranched alkanes of at least 4 members (excludes halogenated alkanes) is 11. The van der Waals surface area contributed by atoms with Gasteiger partial charge >= 0.3 is 17.9 Å². The summed E-state index contributed by atoms with van der Waals surface area (Å²) < 4.78 is 16.7. The zero-order chi connectivity index (χ0) is 47.2. The van der Waals surface area contributed by atoms with Crippen LogP contribution in [0.3, 0.4) is 0 Å². The van der Waals surface area contributed by atoms with Gasteiger partial charge in [0.05, 0.1) is 0 Å². The fourth-order valence-electron chi connectivity index (χ4n) is 6.38.